The summed E-state index contributed by atoms with van der Waals surface area (Å²) in [6.07, 6.45) is 5.98. The maximum Gasteiger partial charge on any atom is 0.237 e. The number of ketones is 1. The van der Waals surface area contributed by atoms with Crippen LogP contribution in [0.4, 0.5) is 0 Å². The van der Waals surface area contributed by atoms with E-state index in [-0.39, 0.29) is 5.92 Å². The lowest BCUT2D eigenvalue weighted by Gasteiger charge is -2.19. The first-order chi connectivity index (χ1) is 14.0. The Hall–Kier alpha value is -2.89. The highest BCUT2D eigenvalue weighted by molar-refractivity contribution is 6.34. The van der Waals surface area contributed by atoms with Gasteiger partial charge in [0.25, 0.3) is 0 Å². The summed E-state index contributed by atoms with van der Waals surface area (Å²) in [4.78, 5) is 15.6. The molecule has 0 saturated carbocycles. The lowest BCUT2D eigenvalue weighted by atomic mass is 9.88. The Morgan fingerprint density at radius 2 is 1.62 bits per heavy atom. The van der Waals surface area contributed by atoms with E-state index < -0.39 is 11.5 Å². The number of aryl methyl sites for hydroxylation is 1. The Morgan fingerprint density at radius 3 is 2.14 bits per heavy atom. The molecule has 0 bridgehead atoms. The average molecular weight is 428 g/mol. The van der Waals surface area contributed by atoms with E-state index in [0.717, 1.165) is 17.5 Å². The highest BCUT2D eigenvalue weighted by atomic mass is 35.5. The first-order valence-electron chi connectivity index (χ1n) is 8.95. The fraction of sp³-hybridized carbons (Fsp3) is 0.136. The molecule has 0 saturated heterocycles. The van der Waals surface area contributed by atoms with Gasteiger partial charge in [-0.05, 0) is 41.8 Å². The van der Waals surface area contributed by atoms with Gasteiger partial charge in [-0.3, -0.25) is 4.79 Å². The third-order valence-corrected chi connectivity index (χ3v) is 5.10. The zero-order chi connectivity index (χ0) is 20.8. The molecule has 148 valence electrons. The van der Waals surface area contributed by atoms with Crippen molar-refractivity contribution in [3.63, 3.8) is 0 Å². The van der Waals surface area contributed by atoms with Gasteiger partial charge in [0.15, 0.2) is 5.76 Å². The highest BCUT2D eigenvalue weighted by Crippen LogP contribution is 2.30. The van der Waals surface area contributed by atoms with Crippen molar-refractivity contribution < 1.29 is 9.90 Å². The van der Waals surface area contributed by atoms with Gasteiger partial charge in [0, 0.05) is 41.0 Å². The van der Waals surface area contributed by atoms with Crippen LogP contribution >= 0.6 is 23.2 Å². The smallest absolute Gasteiger partial charge is 0.237 e. The van der Waals surface area contributed by atoms with Crippen molar-refractivity contribution in [3.05, 3.63) is 93.7 Å². The van der Waals surface area contributed by atoms with Gasteiger partial charge in [0.2, 0.25) is 5.78 Å². The molecule has 0 spiro atoms. The first kappa shape index (κ1) is 20.8. The van der Waals surface area contributed by atoms with Gasteiger partial charge >= 0.3 is 0 Å². The molecule has 3 aromatic rings. The number of benzene rings is 2. The Bertz CT molecular complexity index is 979. The van der Waals surface area contributed by atoms with E-state index in [1.807, 2.05) is 53.1 Å². The number of aliphatic hydroxyl groups excluding tert-OH is 1. The SMILES string of the molecule is N=CC(=O)/C(O)=C/c1nccn1CCC(c1ccc(Cl)cc1)c1ccc(Cl)cc1. The quantitative estimate of drug-likeness (QED) is 0.281. The van der Waals surface area contributed by atoms with Crippen LogP contribution in [-0.4, -0.2) is 26.7 Å². The number of carbonyl (C=O) groups is 1. The molecule has 0 aliphatic rings. The van der Waals surface area contributed by atoms with Crippen LogP contribution in [0.25, 0.3) is 6.08 Å². The van der Waals surface area contributed by atoms with Gasteiger partial charge in [-0.1, -0.05) is 47.5 Å². The molecule has 0 aliphatic carbocycles. The number of carbonyl (C=O) groups excluding carboxylic acids is 1. The second-order valence-corrected chi connectivity index (χ2v) is 7.33. The second kappa shape index (κ2) is 9.54. The van der Waals surface area contributed by atoms with E-state index >= 15 is 0 Å². The van der Waals surface area contributed by atoms with Gasteiger partial charge in [0.05, 0.1) is 6.21 Å². The molecule has 5 nitrogen and oxygen atoms in total. The predicted octanol–water partition coefficient (Wildman–Crippen LogP) is 5.53. The summed E-state index contributed by atoms with van der Waals surface area (Å²) >= 11 is 12.1. The van der Waals surface area contributed by atoms with Crippen molar-refractivity contribution in [2.75, 3.05) is 0 Å². The van der Waals surface area contributed by atoms with E-state index in [0.29, 0.717) is 28.6 Å². The third kappa shape index (κ3) is 5.34. The summed E-state index contributed by atoms with van der Waals surface area (Å²) < 4.78 is 1.85. The second-order valence-electron chi connectivity index (χ2n) is 6.46. The zero-order valence-corrected chi connectivity index (χ0v) is 16.9. The fourth-order valence-corrected chi connectivity index (χ4v) is 3.35. The summed E-state index contributed by atoms with van der Waals surface area (Å²) in [7, 11) is 0. The molecule has 1 aromatic heterocycles. The molecule has 1 heterocycles. The molecule has 0 aliphatic heterocycles. The number of halogens is 2. The number of Topliss-reactive ketones (excluding diaryl/α,β-unsaturated/α-hetero) is 1. The molecule has 2 aromatic carbocycles. The van der Waals surface area contributed by atoms with Crippen LogP contribution in [0.15, 0.2) is 66.7 Å². The number of hydrogen-bond acceptors (Lipinski definition) is 4. The van der Waals surface area contributed by atoms with Crippen LogP contribution in [0.1, 0.15) is 29.3 Å². The minimum absolute atomic E-state index is 0.0977. The number of rotatable bonds is 8. The van der Waals surface area contributed by atoms with Crippen LogP contribution in [0.5, 0.6) is 0 Å². The lowest BCUT2D eigenvalue weighted by molar-refractivity contribution is -0.111. The summed E-state index contributed by atoms with van der Waals surface area (Å²) in [6.45, 7) is 0.605. The summed E-state index contributed by atoms with van der Waals surface area (Å²) in [6, 6.07) is 15.5. The van der Waals surface area contributed by atoms with E-state index in [2.05, 4.69) is 4.98 Å². The maximum atomic E-state index is 11.4. The van der Waals surface area contributed by atoms with Crippen molar-refractivity contribution in [1.29, 1.82) is 5.41 Å². The molecule has 0 radical (unpaired) electrons. The minimum Gasteiger partial charge on any atom is -0.504 e. The summed E-state index contributed by atoms with van der Waals surface area (Å²) in [5, 5.41) is 18.1. The van der Waals surface area contributed by atoms with Crippen molar-refractivity contribution >= 4 is 41.3 Å². The third-order valence-electron chi connectivity index (χ3n) is 4.60. The fourth-order valence-electron chi connectivity index (χ4n) is 3.10. The molecule has 3 rings (SSSR count). The standard InChI is InChI=1S/C22H19Cl2N3O2/c23-17-5-1-15(2-6-17)19(16-3-7-18(24)8-4-16)9-11-27-12-10-26-22(27)13-20(28)21(29)14-25/h1-8,10,12-14,19,25,28H,9,11H2/b20-13-,25-14?. The number of aliphatic hydroxyl groups is 1. The Kier molecular flexibility index (Phi) is 6.86. The largest absolute Gasteiger partial charge is 0.504 e. The number of allylic oxidation sites excluding steroid dienone is 1. The van der Waals surface area contributed by atoms with Crippen LogP contribution in [-0.2, 0) is 11.3 Å². The summed E-state index contributed by atoms with van der Waals surface area (Å²) in [5.41, 5.74) is 2.24. The highest BCUT2D eigenvalue weighted by Gasteiger charge is 2.16. The zero-order valence-electron chi connectivity index (χ0n) is 15.4. The maximum absolute atomic E-state index is 11.4. The number of aromatic nitrogens is 2. The molecular weight excluding hydrogens is 409 g/mol. The number of nitrogens with zero attached hydrogens (tertiary/aromatic N) is 2. The van der Waals surface area contributed by atoms with Crippen molar-refractivity contribution in [3.8, 4) is 0 Å². The Labute approximate surface area is 178 Å². The lowest BCUT2D eigenvalue weighted by Crippen LogP contribution is -2.09. The molecular formula is C22H19Cl2N3O2. The molecule has 29 heavy (non-hydrogen) atoms. The van der Waals surface area contributed by atoms with Crippen LogP contribution < -0.4 is 0 Å². The first-order valence-corrected chi connectivity index (χ1v) is 9.71. The van der Waals surface area contributed by atoms with E-state index in [1.165, 1.54) is 6.08 Å². The van der Waals surface area contributed by atoms with Crippen LogP contribution in [0, 0.1) is 5.41 Å². The predicted molar refractivity (Wildman–Crippen MR) is 116 cm³/mol. The van der Waals surface area contributed by atoms with Crippen molar-refractivity contribution in [2.24, 2.45) is 0 Å². The topological polar surface area (TPSA) is 79.0 Å². The Morgan fingerprint density at radius 1 is 1.07 bits per heavy atom. The van der Waals surface area contributed by atoms with Crippen molar-refractivity contribution in [2.45, 2.75) is 18.9 Å². The monoisotopic (exact) mass is 427 g/mol. The van der Waals surface area contributed by atoms with E-state index in [9.17, 15) is 9.90 Å². The van der Waals surface area contributed by atoms with Gasteiger partial charge in [-0.15, -0.1) is 0 Å². The molecule has 0 fully saturated rings. The van der Waals surface area contributed by atoms with Crippen LogP contribution in [0.3, 0.4) is 0 Å². The molecule has 7 heteroatoms. The van der Waals surface area contributed by atoms with Gasteiger partial charge < -0.3 is 15.1 Å². The van der Waals surface area contributed by atoms with E-state index in [1.54, 1.807) is 12.4 Å². The van der Waals surface area contributed by atoms with Crippen LogP contribution in [0.2, 0.25) is 10.0 Å². The number of nitrogens with one attached hydrogen (secondary N) is 1. The molecule has 0 unspecified atom stereocenters. The summed E-state index contributed by atoms with van der Waals surface area (Å²) in [5.74, 6) is -0.733. The molecule has 0 amide bonds. The number of imidazole rings is 1. The normalized spacial score (nSPS) is 11.6. The Balaban J connectivity index is 1.86. The number of hydrogen-bond donors (Lipinski definition) is 2. The van der Waals surface area contributed by atoms with Crippen molar-refractivity contribution in [1.82, 2.24) is 9.55 Å². The van der Waals surface area contributed by atoms with Gasteiger partial charge in [0.1, 0.15) is 5.82 Å². The van der Waals surface area contributed by atoms with E-state index in [4.69, 9.17) is 28.6 Å². The molecule has 0 atom stereocenters. The van der Waals surface area contributed by atoms with Gasteiger partial charge in [-0.25, -0.2) is 4.98 Å². The van der Waals surface area contributed by atoms with Gasteiger partial charge in [-0.2, -0.15) is 0 Å². The molecule has 2 N–H and O–H groups in total. The minimum atomic E-state index is -0.764. The average Bonchev–Trinajstić information content (AvgIpc) is 3.16.